The largest absolute Gasteiger partial charge is 0.396 e. The van der Waals surface area contributed by atoms with E-state index in [9.17, 15) is 4.57 Å². The summed E-state index contributed by atoms with van der Waals surface area (Å²) in [6.07, 6.45) is 2.91. The van der Waals surface area contributed by atoms with Gasteiger partial charge in [-0.1, -0.05) is 0 Å². The molecule has 2 atom stereocenters. The predicted octanol–water partition coefficient (Wildman–Crippen LogP) is 0.701. The minimum atomic E-state index is -1.35. The van der Waals surface area contributed by atoms with Crippen molar-refractivity contribution < 1.29 is 9.67 Å². The fourth-order valence-corrected chi connectivity index (χ4v) is 2.77. The smallest absolute Gasteiger partial charge is 0.0813 e. The molecule has 48 valence electrons. The fourth-order valence-electron chi connectivity index (χ4n) is 1.08. The van der Waals surface area contributed by atoms with Gasteiger partial charge in [-0.05, 0) is 19.0 Å². The highest BCUT2D eigenvalue weighted by molar-refractivity contribution is 7.45. The molecule has 1 heterocycles. The molecule has 2 nitrogen and oxygen atoms in total. The lowest BCUT2D eigenvalue weighted by Crippen LogP contribution is -2.01. The van der Waals surface area contributed by atoms with Crippen LogP contribution in [0.5, 0.6) is 0 Å². The van der Waals surface area contributed by atoms with Crippen molar-refractivity contribution >= 4 is 7.80 Å². The van der Waals surface area contributed by atoms with Crippen LogP contribution in [0.15, 0.2) is 0 Å². The van der Waals surface area contributed by atoms with Gasteiger partial charge in [-0.25, -0.2) is 0 Å². The third kappa shape index (κ3) is 1.12. The molecule has 1 saturated heterocycles. The van der Waals surface area contributed by atoms with Gasteiger partial charge < -0.3 is 9.67 Å². The maximum atomic E-state index is 10.8. The highest BCUT2D eigenvalue weighted by Crippen LogP contribution is 2.38. The summed E-state index contributed by atoms with van der Waals surface area (Å²) in [5, 5.41) is 8.56. The van der Waals surface area contributed by atoms with E-state index in [1.165, 1.54) is 0 Å². The minimum absolute atomic E-state index is 0.137. The van der Waals surface area contributed by atoms with Crippen LogP contribution in [0.2, 0.25) is 0 Å². The lowest BCUT2D eigenvalue weighted by Gasteiger charge is -1.99. The van der Waals surface area contributed by atoms with E-state index in [4.69, 9.17) is 5.11 Å². The van der Waals surface area contributed by atoms with E-state index in [0.29, 0.717) is 0 Å². The zero-order valence-electron chi connectivity index (χ0n) is 4.76. The van der Waals surface area contributed by atoms with Gasteiger partial charge in [-0.15, -0.1) is 0 Å². The van der Waals surface area contributed by atoms with E-state index in [1.807, 2.05) is 0 Å². The van der Waals surface area contributed by atoms with E-state index in [-0.39, 0.29) is 12.3 Å². The van der Waals surface area contributed by atoms with Crippen LogP contribution in [0.3, 0.4) is 0 Å². The quantitative estimate of drug-likeness (QED) is 0.536. The molecule has 0 radical (unpaired) electrons. The van der Waals surface area contributed by atoms with Crippen molar-refractivity contribution in [3.63, 3.8) is 0 Å². The van der Waals surface area contributed by atoms with Crippen molar-refractivity contribution in [2.75, 3.05) is 12.8 Å². The van der Waals surface area contributed by atoms with Crippen LogP contribution < -0.4 is 0 Å². The monoisotopic (exact) mass is 134 g/mol. The zero-order chi connectivity index (χ0) is 5.98. The van der Waals surface area contributed by atoms with E-state index in [0.717, 1.165) is 19.0 Å². The maximum absolute atomic E-state index is 10.8. The molecule has 0 bridgehead atoms. The molecule has 0 amide bonds. The van der Waals surface area contributed by atoms with Gasteiger partial charge in [0.25, 0.3) is 0 Å². The SMILES string of the molecule is O=[PH]1CCCC1CO. The summed E-state index contributed by atoms with van der Waals surface area (Å²) in [4.78, 5) is 0. The Hall–Kier alpha value is 0.190. The minimum Gasteiger partial charge on any atom is -0.396 e. The van der Waals surface area contributed by atoms with Gasteiger partial charge in [0.1, 0.15) is 0 Å². The van der Waals surface area contributed by atoms with Crippen molar-refractivity contribution in [2.24, 2.45) is 0 Å². The molecule has 1 N–H and O–H groups in total. The lowest BCUT2D eigenvalue weighted by atomic mass is 10.3. The summed E-state index contributed by atoms with van der Waals surface area (Å²) < 4.78 is 10.8. The second-order valence-corrected chi connectivity index (χ2v) is 4.49. The first-order valence-corrected chi connectivity index (χ1v) is 4.67. The molecule has 0 aliphatic carbocycles. The molecule has 8 heavy (non-hydrogen) atoms. The topological polar surface area (TPSA) is 37.3 Å². The summed E-state index contributed by atoms with van der Waals surface area (Å²) in [5.41, 5.74) is 0.167. The second-order valence-electron chi connectivity index (χ2n) is 2.24. The first-order chi connectivity index (χ1) is 3.84. The van der Waals surface area contributed by atoms with Crippen LogP contribution in [0, 0.1) is 0 Å². The van der Waals surface area contributed by atoms with E-state index in [1.54, 1.807) is 0 Å². The average Bonchev–Trinajstić information content (AvgIpc) is 2.14. The first kappa shape index (κ1) is 6.31. The Kier molecular flexibility index (Phi) is 2.09. The second kappa shape index (κ2) is 2.65. The van der Waals surface area contributed by atoms with Crippen molar-refractivity contribution in [3.05, 3.63) is 0 Å². The summed E-state index contributed by atoms with van der Waals surface area (Å²) in [7, 11) is -1.35. The van der Waals surface area contributed by atoms with Gasteiger partial charge in [0.2, 0.25) is 0 Å². The van der Waals surface area contributed by atoms with Gasteiger partial charge in [-0.2, -0.15) is 0 Å². The molecule has 1 rings (SSSR count). The molecule has 3 heteroatoms. The normalized spacial score (nSPS) is 38.1. The number of aliphatic hydroxyl groups is 1. The molecule has 1 aliphatic heterocycles. The van der Waals surface area contributed by atoms with Crippen LogP contribution in [-0.4, -0.2) is 23.5 Å². The van der Waals surface area contributed by atoms with Gasteiger partial charge in [0.05, 0.1) is 14.4 Å². The molecular formula is C5H11O2P. The molecular weight excluding hydrogens is 123 g/mol. The van der Waals surface area contributed by atoms with E-state index < -0.39 is 7.80 Å². The highest BCUT2D eigenvalue weighted by atomic mass is 31.1. The van der Waals surface area contributed by atoms with Crippen LogP contribution in [0.4, 0.5) is 0 Å². The summed E-state index contributed by atoms with van der Waals surface area (Å²) >= 11 is 0. The van der Waals surface area contributed by atoms with Gasteiger partial charge >= 0.3 is 0 Å². The van der Waals surface area contributed by atoms with Crippen LogP contribution >= 0.6 is 7.80 Å². The van der Waals surface area contributed by atoms with E-state index in [2.05, 4.69) is 0 Å². The number of hydrogen-bond acceptors (Lipinski definition) is 2. The van der Waals surface area contributed by atoms with Crippen LogP contribution in [0.1, 0.15) is 12.8 Å². The third-order valence-corrected chi connectivity index (χ3v) is 3.88. The van der Waals surface area contributed by atoms with Crippen molar-refractivity contribution in [1.29, 1.82) is 0 Å². The summed E-state index contributed by atoms with van der Waals surface area (Å²) in [6, 6.07) is 0. The lowest BCUT2D eigenvalue weighted by molar-refractivity contribution is 0.290. The number of rotatable bonds is 1. The third-order valence-electron chi connectivity index (χ3n) is 1.65. The summed E-state index contributed by atoms with van der Waals surface area (Å²) in [6.45, 7) is 0.137. The highest BCUT2D eigenvalue weighted by Gasteiger charge is 2.20. The Labute approximate surface area is 49.7 Å². The Morgan fingerprint density at radius 2 is 2.50 bits per heavy atom. The average molecular weight is 134 g/mol. The Balaban J connectivity index is 2.42. The predicted molar refractivity (Wildman–Crippen MR) is 34.0 cm³/mol. The Bertz CT molecular complexity index is 103. The van der Waals surface area contributed by atoms with Gasteiger partial charge in [0, 0.05) is 5.66 Å². The molecule has 0 saturated carbocycles. The summed E-state index contributed by atoms with van der Waals surface area (Å²) in [5.74, 6) is 0. The van der Waals surface area contributed by atoms with Crippen molar-refractivity contribution in [2.45, 2.75) is 18.5 Å². The maximum Gasteiger partial charge on any atom is 0.0813 e. The molecule has 1 aliphatic rings. The molecule has 0 aromatic heterocycles. The Morgan fingerprint density at radius 3 is 2.75 bits per heavy atom. The Morgan fingerprint density at radius 1 is 1.75 bits per heavy atom. The fraction of sp³-hybridized carbons (Fsp3) is 1.00. The molecule has 0 aromatic rings. The van der Waals surface area contributed by atoms with Gasteiger partial charge in [-0.3, -0.25) is 0 Å². The van der Waals surface area contributed by atoms with Crippen molar-refractivity contribution in [3.8, 4) is 0 Å². The number of aliphatic hydroxyl groups excluding tert-OH is 1. The van der Waals surface area contributed by atoms with Crippen molar-refractivity contribution in [1.82, 2.24) is 0 Å². The molecule has 0 aromatic carbocycles. The number of hydrogen-bond donors (Lipinski definition) is 1. The van der Waals surface area contributed by atoms with E-state index >= 15 is 0 Å². The first-order valence-electron chi connectivity index (χ1n) is 2.98. The molecule has 1 fully saturated rings. The molecule has 0 spiro atoms. The van der Waals surface area contributed by atoms with Crippen LogP contribution in [-0.2, 0) is 4.57 Å². The zero-order valence-corrected chi connectivity index (χ0v) is 5.76. The van der Waals surface area contributed by atoms with Gasteiger partial charge in [0.15, 0.2) is 0 Å². The standard InChI is InChI=1S/C5H11O2P/c6-4-5-2-1-3-8(5)7/h5-6,8H,1-4H2. The molecule has 2 unspecified atom stereocenters. The van der Waals surface area contributed by atoms with Crippen LogP contribution in [0.25, 0.3) is 0 Å².